The number of piperidine rings is 1. The maximum absolute atomic E-state index is 12.6. The highest BCUT2D eigenvalue weighted by Gasteiger charge is 2.35. The summed E-state index contributed by atoms with van der Waals surface area (Å²) >= 11 is 0. The Morgan fingerprint density at radius 1 is 1.07 bits per heavy atom. The molecule has 2 aliphatic heterocycles. The predicted molar refractivity (Wildman–Crippen MR) is 112 cm³/mol. The van der Waals surface area contributed by atoms with Gasteiger partial charge in [0, 0.05) is 36.0 Å². The average molecular weight is 380 g/mol. The summed E-state index contributed by atoms with van der Waals surface area (Å²) in [6, 6.07) is 15.9. The van der Waals surface area contributed by atoms with Gasteiger partial charge in [-0.05, 0) is 51.1 Å². The van der Waals surface area contributed by atoms with Crippen molar-refractivity contribution in [1.29, 1.82) is 0 Å². The number of rotatable bonds is 7. The summed E-state index contributed by atoms with van der Waals surface area (Å²) in [7, 11) is 0. The van der Waals surface area contributed by atoms with Crippen molar-refractivity contribution in [3.63, 3.8) is 0 Å². The van der Waals surface area contributed by atoms with Crippen LogP contribution in [0.25, 0.3) is 0 Å². The highest BCUT2D eigenvalue weighted by molar-refractivity contribution is 5.99. The highest BCUT2D eigenvalue weighted by Crippen LogP contribution is 2.34. The van der Waals surface area contributed by atoms with Crippen LogP contribution in [0.5, 0.6) is 5.75 Å². The van der Waals surface area contributed by atoms with E-state index in [1.165, 1.54) is 32.4 Å². The van der Waals surface area contributed by atoms with Crippen molar-refractivity contribution in [1.82, 2.24) is 9.80 Å². The Balaban J connectivity index is 1.41. The summed E-state index contributed by atoms with van der Waals surface area (Å²) in [5.74, 6) is 0.951. The summed E-state index contributed by atoms with van der Waals surface area (Å²) in [5.41, 5.74) is 2.78. The van der Waals surface area contributed by atoms with E-state index in [2.05, 4.69) is 10.2 Å². The van der Waals surface area contributed by atoms with E-state index in [0.29, 0.717) is 13.2 Å². The zero-order valence-electron chi connectivity index (χ0n) is 16.6. The second-order valence-corrected chi connectivity index (χ2v) is 7.50. The standard InChI is InChI=1S/C23H29N3O2/c1-2-26-22(20-11-4-5-12-21(20)23(26)27)24-18-9-8-10-19(17-18)28-16-15-25-13-6-3-7-14-25/h4-5,8-12,17,22,24H,2-3,6-7,13-16H2,1H3. The molecule has 0 radical (unpaired) electrons. The largest absolute Gasteiger partial charge is 0.492 e. The molecule has 2 aromatic rings. The third-order valence-electron chi connectivity index (χ3n) is 5.66. The average Bonchev–Trinajstić information content (AvgIpc) is 3.00. The molecular formula is C23H29N3O2. The van der Waals surface area contributed by atoms with Gasteiger partial charge in [-0.3, -0.25) is 9.69 Å². The van der Waals surface area contributed by atoms with Gasteiger partial charge in [-0.15, -0.1) is 0 Å². The van der Waals surface area contributed by atoms with Crippen molar-refractivity contribution in [2.24, 2.45) is 0 Å². The Morgan fingerprint density at radius 3 is 2.71 bits per heavy atom. The van der Waals surface area contributed by atoms with Gasteiger partial charge in [0.15, 0.2) is 0 Å². The molecule has 2 aliphatic rings. The summed E-state index contributed by atoms with van der Waals surface area (Å²) in [4.78, 5) is 17.0. The molecule has 1 unspecified atom stereocenters. The molecule has 0 saturated carbocycles. The first-order valence-electron chi connectivity index (χ1n) is 10.4. The Morgan fingerprint density at radius 2 is 1.89 bits per heavy atom. The number of benzene rings is 2. The van der Waals surface area contributed by atoms with E-state index in [4.69, 9.17) is 4.74 Å². The maximum Gasteiger partial charge on any atom is 0.256 e. The fourth-order valence-corrected chi connectivity index (χ4v) is 4.16. The molecule has 0 bridgehead atoms. The fraction of sp³-hybridized carbons (Fsp3) is 0.435. The number of carbonyl (C=O) groups is 1. The molecule has 1 fully saturated rings. The Labute approximate surface area is 167 Å². The monoisotopic (exact) mass is 379 g/mol. The van der Waals surface area contributed by atoms with Crippen LogP contribution in [-0.4, -0.2) is 48.5 Å². The number of nitrogens with one attached hydrogen (secondary N) is 1. The van der Waals surface area contributed by atoms with Crippen molar-refractivity contribution in [2.75, 3.05) is 38.1 Å². The van der Waals surface area contributed by atoms with Crippen LogP contribution >= 0.6 is 0 Å². The number of nitrogens with zero attached hydrogens (tertiary/aromatic N) is 2. The van der Waals surface area contributed by atoms with E-state index in [-0.39, 0.29) is 12.1 Å². The lowest BCUT2D eigenvalue weighted by Gasteiger charge is -2.27. The molecule has 1 amide bonds. The lowest BCUT2D eigenvalue weighted by molar-refractivity contribution is 0.0753. The van der Waals surface area contributed by atoms with Crippen LogP contribution in [0.3, 0.4) is 0 Å². The Bertz CT molecular complexity index is 817. The van der Waals surface area contributed by atoms with Crippen molar-refractivity contribution in [2.45, 2.75) is 32.4 Å². The molecule has 28 heavy (non-hydrogen) atoms. The zero-order valence-corrected chi connectivity index (χ0v) is 16.6. The van der Waals surface area contributed by atoms with Crippen molar-refractivity contribution >= 4 is 11.6 Å². The number of hydrogen-bond donors (Lipinski definition) is 1. The first-order valence-corrected chi connectivity index (χ1v) is 10.4. The third-order valence-corrected chi connectivity index (χ3v) is 5.66. The van der Waals surface area contributed by atoms with Crippen LogP contribution in [0, 0.1) is 0 Å². The van der Waals surface area contributed by atoms with Gasteiger partial charge in [0.1, 0.15) is 18.5 Å². The van der Waals surface area contributed by atoms with Gasteiger partial charge in [0.2, 0.25) is 0 Å². The van der Waals surface area contributed by atoms with E-state index in [1.807, 2.05) is 60.4 Å². The fourth-order valence-electron chi connectivity index (χ4n) is 4.16. The molecule has 5 nitrogen and oxygen atoms in total. The molecule has 2 aromatic carbocycles. The zero-order chi connectivity index (χ0) is 19.3. The number of fused-ring (bicyclic) bond motifs is 1. The summed E-state index contributed by atoms with van der Waals surface area (Å²) in [6.07, 6.45) is 3.81. The summed E-state index contributed by atoms with van der Waals surface area (Å²) in [6.45, 7) is 6.73. The molecule has 1 saturated heterocycles. The molecule has 4 rings (SSSR count). The second kappa shape index (κ2) is 8.65. The van der Waals surface area contributed by atoms with Gasteiger partial charge >= 0.3 is 0 Å². The molecule has 0 spiro atoms. The quantitative estimate of drug-likeness (QED) is 0.785. The molecule has 1 atom stereocenters. The van der Waals surface area contributed by atoms with Gasteiger partial charge in [0.05, 0.1) is 0 Å². The van der Waals surface area contributed by atoms with Crippen molar-refractivity contribution in [3.05, 3.63) is 59.7 Å². The molecule has 2 heterocycles. The van der Waals surface area contributed by atoms with E-state index in [1.54, 1.807) is 0 Å². The van der Waals surface area contributed by atoms with Crippen LogP contribution in [0.1, 0.15) is 48.3 Å². The molecular weight excluding hydrogens is 350 g/mol. The lowest BCUT2D eigenvalue weighted by atomic mass is 10.1. The van der Waals surface area contributed by atoms with E-state index in [9.17, 15) is 4.79 Å². The molecule has 5 heteroatoms. The minimum Gasteiger partial charge on any atom is -0.492 e. The first kappa shape index (κ1) is 18.8. The van der Waals surface area contributed by atoms with Gasteiger partial charge in [0.25, 0.3) is 5.91 Å². The van der Waals surface area contributed by atoms with E-state index < -0.39 is 0 Å². The van der Waals surface area contributed by atoms with Crippen LogP contribution in [0.15, 0.2) is 48.5 Å². The molecule has 1 N–H and O–H groups in total. The van der Waals surface area contributed by atoms with Crippen LogP contribution in [0.2, 0.25) is 0 Å². The van der Waals surface area contributed by atoms with Gasteiger partial charge < -0.3 is 15.0 Å². The number of amides is 1. The first-order chi connectivity index (χ1) is 13.8. The SMILES string of the molecule is CCN1C(=O)c2ccccc2C1Nc1cccc(OCCN2CCCCC2)c1. The molecule has 0 aliphatic carbocycles. The number of carbonyl (C=O) groups excluding carboxylic acids is 1. The molecule has 148 valence electrons. The van der Waals surface area contributed by atoms with E-state index >= 15 is 0 Å². The van der Waals surface area contributed by atoms with Crippen molar-refractivity contribution in [3.8, 4) is 5.75 Å². The third kappa shape index (κ3) is 3.99. The number of ether oxygens (including phenoxy) is 1. The lowest BCUT2D eigenvalue weighted by Crippen LogP contribution is -2.33. The second-order valence-electron chi connectivity index (χ2n) is 7.50. The molecule has 0 aromatic heterocycles. The van der Waals surface area contributed by atoms with Crippen LogP contribution in [0.4, 0.5) is 5.69 Å². The Hall–Kier alpha value is -2.53. The smallest absolute Gasteiger partial charge is 0.256 e. The van der Waals surface area contributed by atoms with Crippen LogP contribution < -0.4 is 10.1 Å². The predicted octanol–water partition coefficient (Wildman–Crippen LogP) is 4.14. The van der Waals surface area contributed by atoms with Crippen molar-refractivity contribution < 1.29 is 9.53 Å². The minimum absolute atomic E-state index is 0.0875. The summed E-state index contributed by atoms with van der Waals surface area (Å²) in [5, 5.41) is 3.52. The van der Waals surface area contributed by atoms with E-state index in [0.717, 1.165) is 29.1 Å². The normalized spacial score (nSPS) is 19.5. The number of hydrogen-bond acceptors (Lipinski definition) is 4. The summed E-state index contributed by atoms with van der Waals surface area (Å²) < 4.78 is 6.00. The Kier molecular flexibility index (Phi) is 5.81. The minimum atomic E-state index is -0.141. The van der Waals surface area contributed by atoms with Gasteiger partial charge in [-0.25, -0.2) is 0 Å². The van der Waals surface area contributed by atoms with Gasteiger partial charge in [-0.1, -0.05) is 30.7 Å². The number of anilines is 1. The topological polar surface area (TPSA) is 44.8 Å². The maximum atomic E-state index is 12.6. The van der Waals surface area contributed by atoms with Gasteiger partial charge in [-0.2, -0.15) is 0 Å². The van der Waals surface area contributed by atoms with Crippen LogP contribution in [-0.2, 0) is 0 Å². The number of likely N-dealkylation sites (tertiary alicyclic amines) is 1. The highest BCUT2D eigenvalue weighted by atomic mass is 16.5.